The second kappa shape index (κ2) is 11.1. The molecule has 1 aromatic carbocycles. The molecule has 2 aromatic heterocycles. The summed E-state index contributed by atoms with van der Waals surface area (Å²) in [5.74, 6) is 2.71. The largest absolute Gasteiger partial charge is 0.455 e. The smallest absolute Gasteiger partial charge is 0.270 e. The summed E-state index contributed by atoms with van der Waals surface area (Å²) in [6, 6.07) is 7.67. The van der Waals surface area contributed by atoms with Gasteiger partial charge in [0.25, 0.3) is 11.6 Å². The molecule has 0 unspecified atom stereocenters. The molecule has 2 aliphatic rings. The number of nitro benzene ring substituents is 1. The molecule has 0 spiro atoms. The summed E-state index contributed by atoms with van der Waals surface area (Å²) in [4.78, 5) is 29.4. The van der Waals surface area contributed by atoms with Gasteiger partial charge in [-0.1, -0.05) is 11.6 Å². The zero-order chi connectivity index (χ0) is 25.8. The quantitative estimate of drug-likeness (QED) is 0.235. The molecule has 0 N–H and O–H groups in total. The van der Waals surface area contributed by atoms with Crippen LogP contribution in [0.2, 0.25) is 5.02 Å². The van der Waals surface area contributed by atoms with Crippen LogP contribution >= 0.6 is 11.6 Å². The average Bonchev–Trinajstić information content (AvgIpc) is 3.41. The summed E-state index contributed by atoms with van der Waals surface area (Å²) in [6.07, 6.45) is 8.52. The van der Waals surface area contributed by atoms with E-state index in [0.717, 1.165) is 51.9 Å². The van der Waals surface area contributed by atoms with Crippen molar-refractivity contribution in [3.8, 4) is 11.3 Å². The standard InChI is InChI=1S/C25H29ClN8O3/c1-31(27-17-19-9-11-22(37-19)20-16-18(34(35)36)8-10-21(20)26)23-28-24(32-12-4-2-5-13-32)30-25(29-23)33-14-6-3-7-15-33/h8-11,16-17H,2-7,12-15H2,1H3. The van der Waals surface area contributed by atoms with Gasteiger partial charge < -0.3 is 14.2 Å². The van der Waals surface area contributed by atoms with E-state index in [9.17, 15) is 10.1 Å². The van der Waals surface area contributed by atoms with Gasteiger partial charge in [-0.15, -0.1) is 0 Å². The van der Waals surface area contributed by atoms with Gasteiger partial charge in [0.05, 0.1) is 16.2 Å². The molecule has 37 heavy (non-hydrogen) atoms. The first-order valence-electron chi connectivity index (χ1n) is 12.6. The highest BCUT2D eigenvalue weighted by Gasteiger charge is 2.21. The monoisotopic (exact) mass is 524 g/mol. The lowest BCUT2D eigenvalue weighted by atomic mass is 10.1. The summed E-state index contributed by atoms with van der Waals surface area (Å²) in [5, 5.41) is 17.6. The number of anilines is 3. The fourth-order valence-corrected chi connectivity index (χ4v) is 4.75. The van der Waals surface area contributed by atoms with E-state index >= 15 is 0 Å². The van der Waals surface area contributed by atoms with Crippen molar-refractivity contribution in [3.63, 3.8) is 0 Å². The molecular weight excluding hydrogens is 496 g/mol. The number of nitrogens with zero attached hydrogens (tertiary/aromatic N) is 8. The van der Waals surface area contributed by atoms with Crippen LogP contribution in [-0.4, -0.2) is 59.3 Å². The van der Waals surface area contributed by atoms with E-state index in [0.29, 0.717) is 40.0 Å². The van der Waals surface area contributed by atoms with Gasteiger partial charge in [-0.3, -0.25) is 10.1 Å². The Morgan fingerprint density at radius 1 is 0.973 bits per heavy atom. The van der Waals surface area contributed by atoms with E-state index in [-0.39, 0.29) is 5.69 Å². The first-order valence-corrected chi connectivity index (χ1v) is 12.9. The number of hydrogen-bond acceptors (Lipinski definition) is 10. The molecule has 194 valence electrons. The summed E-state index contributed by atoms with van der Waals surface area (Å²) in [5.41, 5.74) is 0.383. The van der Waals surface area contributed by atoms with Crippen molar-refractivity contribution in [1.82, 2.24) is 15.0 Å². The van der Waals surface area contributed by atoms with Crippen LogP contribution in [0.5, 0.6) is 0 Å². The Morgan fingerprint density at radius 2 is 1.59 bits per heavy atom. The Labute approximate surface area is 219 Å². The van der Waals surface area contributed by atoms with Crippen molar-refractivity contribution in [2.24, 2.45) is 5.10 Å². The van der Waals surface area contributed by atoms with Gasteiger partial charge in [-0.05, 0) is 56.7 Å². The summed E-state index contributed by atoms with van der Waals surface area (Å²) < 4.78 is 5.86. The van der Waals surface area contributed by atoms with E-state index < -0.39 is 4.92 Å². The number of rotatable bonds is 7. The van der Waals surface area contributed by atoms with Crippen molar-refractivity contribution in [2.45, 2.75) is 38.5 Å². The molecule has 0 radical (unpaired) electrons. The minimum atomic E-state index is -0.467. The predicted octanol–water partition coefficient (Wildman–Crippen LogP) is 5.14. The van der Waals surface area contributed by atoms with Crippen LogP contribution in [0.4, 0.5) is 23.5 Å². The molecule has 2 saturated heterocycles. The van der Waals surface area contributed by atoms with Crippen molar-refractivity contribution in [1.29, 1.82) is 0 Å². The van der Waals surface area contributed by atoms with Crippen LogP contribution in [0.15, 0.2) is 39.9 Å². The molecule has 0 bridgehead atoms. The number of halogens is 1. The third kappa shape index (κ3) is 5.82. The molecule has 5 rings (SSSR count). The van der Waals surface area contributed by atoms with Crippen LogP contribution < -0.4 is 14.8 Å². The van der Waals surface area contributed by atoms with Crippen molar-refractivity contribution in [2.75, 3.05) is 48.0 Å². The van der Waals surface area contributed by atoms with Gasteiger partial charge in [0.15, 0.2) is 0 Å². The third-order valence-corrected chi connectivity index (χ3v) is 6.91. The molecule has 0 aliphatic carbocycles. The van der Waals surface area contributed by atoms with Crippen LogP contribution in [-0.2, 0) is 0 Å². The van der Waals surface area contributed by atoms with Crippen LogP contribution in [0.1, 0.15) is 44.3 Å². The fourth-order valence-electron chi connectivity index (χ4n) is 4.54. The van der Waals surface area contributed by atoms with Gasteiger partial charge in [-0.2, -0.15) is 20.1 Å². The summed E-state index contributed by atoms with van der Waals surface area (Å²) >= 11 is 6.26. The van der Waals surface area contributed by atoms with E-state index in [4.69, 9.17) is 31.0 Å². The maximum Gasteiger partial charge on any atom is 0.270 e. The lowest BCUT2D eigenvalue weighted by molar-refractivity contribution is -0.384. The van der Waals surface area contributed by atoms with Crippen LogP contribution in [0.25, 0.3) is 11.3 Å². The van der Waals surface area contributed by atoms with Gasteiger partial charge in [0.2, 0.25) is 11.9 Å². The highest BCUT2D eigenvalue weighted by Crippen LogP contribution is 2.32. The number of nitro groups is 1. The predicted molar refractivity (Wildman–Crippen MR) is 144 cm³/mol. The molecule has 0 atom stereocenters. The van der Waals surface area contributed by atoms with Crippen LogP contribution in [0.3, 0.4) is 0 Å². The molecule has 2 fully saturated rings. The topological polar surface area (TPSA) is 117 Å². The second-order valence-electron chi connectivity index (χ2n) is 9.22. The normalized spacial score (nSPS) is 16.4. The van der Waals surface area contributed by atoms with Gasteiger partial charge in [0.1, 0.15) is 11.5 Å². The SMILES string of the molecule is CN(N=Cc1ccc(-c2cc([N+](=O)[O-])ccc2Cl)o1)c1nc(N2CCCCC2)nc(N2CCCCC2)n1. The zero-order valence-corrected chi connectivity index (χ0v) is 21.5. The van der Waals surface area contributed by atoms with Crippen molar-refractivity contribution in [3.05, 3.63) is 51.2 Å². The maximum absolute atomic E-state index is 11.1. The third-order valence-electron chi connectivity index (χ3n) is 6.58. The number of hydrogen-bond donors (Lipinski definition) is 0. The van der Waals surface area contributed by atoms with E-state index in [1.54, 1.807) is 30.4 Å². The van der Waals surface area contributed by atoms with Gasteiger partial charge in [-0.25, -0.2) is 5.01 Å². The van der Waals surface area contributed by atoms with Gasteiger partial charge >= 0.3 is 0 Å². The lowest BCUT2D eigenvalue weighted by Gasteiger charge is -2.30. The van der Waals surface area contributed by atoms with E-state index in [1.807, 2.05) is 0 Å². The zero-order valence-electron chi connectivity index (χ0n) is 20.7. The summed E-state index contributed by atoms with van der Waals surface area (Å²) in [7, 11) is 1.78. The Kier molecular flexibility index (Phi) is 7.50. The number of aromatic nitrogens is 3. The van der Waals surface area contributed by atoms with E-state index in [1.165, 1.54) is 31.0 Å². The molecular formula is C25H29ClN8O3. The number of non-ortho nitro benzene ring substituents is 1. The van der Waals surface area contributed by atoms with Crippen LogP contribution in [0, 0.1) is 10.1 Å². The highest BCUT2D eigenvalue weighted by atomic mass is 35.5. The Morgan fingerprint density at radius 3 is 2.19 bits per heavy atom. The number of piperidine rings is 2. The summed E-state index contributed by atoms with van der Waals surface area (Å²) in [6.45, 7) is 3.74. The minimum absolute atomic E-state index is 0.0606. The Bertz CT molecular complexity index is 1250. The average molecular weight is 525 g/mol. The fraction of sp³-hybridized carbons (Fsp3) is 0.440. The molecule has 11 nitrogen and oxygen atoms in total. The molecule has 0 amide bonds. The Balaban J connectivity index is 1.38. The lowest BCUT2D eigenvalue weighted by Crippen LogP contribution is -2.35. The number of hydrazone groups is 1. The molecule has 12 heteroatoms. The molecule has 4 heterocycles. The first kappa shape index (κ1) is 24.9. The van der Waals surface area contributed by atoms with Gasteiger partial charge in [0, 0.05) is 50.9 Å². The highest BCUT2D eigenvalue weighted by molar-refractivity contribution is 6.33. The second-order valence-corrected chi connectivity index (χ2v) is 9.63. The van der Waals surface area contributed by atoms with Crippen molar-refractivity contribution < 1.29 is 9.34 Å². The number of furan rings is 1. The molecule has 3 aromatic rings. The number of benzene rings is 1. The molecule has 2 aliphatic heterocycles. The molecule has 0 saturated carbocycles. The first-order chi connectivity index (χ1) is 18.0. The minimum Gasteiger partial charge on any atom is -0.455 e. The van der Waals surface area contributed by atoms with E-state index in [2.05, 4.69) is 14.9 Å². The maximum atomic E-state index is 11.1. The Hall–Kier alpha value is -3.73. The van der Waals surface area contributed by atoms with Crippen molar-refractivity contribution >= 4 is 41.3 Å².